The van der Waals surface area contributed by atoms with Crippen molar-refractivity contribution in [2.75, 3.05) is 39.2 Å². The van der Waals surface area contributed by atoms with Crippen LogP contribution in [0.5, 0.6) is 0 Å². The van der Waals surface area contributed by atoms with Gasteiger partial charge in [-0.05, 0) is 54.1 Å². The average molecular weight is 562 g/mol. The maximum absolute atomic E-state index is 13.8. The number of anilines is 1. The number of esters is 1. The summed E-state index contributed by atoms with van der Waals surface area (Å²) in [7, 11) is 4.71. The number of nitrogens with zero attached hydrogens (tertiary/aromatic N) is 4. The van der Waals surface area contributed by atoms with Crippen LogP contribution in [0.1, 0.15) is 27.1 Å². The molecule has 206 valence electrons. The lowest BCUT2D eigenvalue weighted by atomic mass is 10.0. The van der Waals surface area contributed by atoms with E-state index in [2.05, 4.69) is 10.4 Å². The maximum atomic E-state index is 13.8. The standard InChI is InChI=1S/C29H28ClN5O5/c1-31-28(38)20-6-4-19(5-7-20)24-17-32-35-15-12-21(16-25(24)35)29(39)34(23-10-8-22(30)9-11-23)14-13-27(37)40-18-26(36)33(2)3/h4-12,15-17H,13-14,18H2,1-3H3,(H,31,38). The van der Waals surface area contributed by atoms with Gasteiger partial charge in [0.05, 0.1) is 18.1 Å². The molecule has 4 rings (SSSR count). The summed E-state index contributed by atoms with van der Waals surface area (Å²) in [5.41, 5.74) is 3.76. The van der Waals surface area contributed by atoms with Crippen molar-refractivity contribution in [2.24, 2.45) is 0 Å². The minimum atomic E-state index is -0.601. The van der Waals surface area contributed by atoms with Crippen molar-refractivity contribution in [3.05, 3.63) is 89.2 Å². The summed E-state index contributed by atoms with van der Waals surface area (Å²) < 4.78 is 6.73. The SMILES string of the molecule is CNC(=O)c1ccc(-c2cnn3ccc(C(=O)N(CCC(=O)OCC(=O)N(C)C)c4ccc(Cl)cc4)cc23)cc1. The smallest absolute Gasteiger partial charge is 0.308 e. The Kier molecular flexibility index (Phi) is 8.80. The first-order valence-corrected chi connectivity index (χ1v) is 12.8. The number of ether oxygens (including phenoxy) is 1. The summed E-state index contributed by atoms with van der Waals surface area (Å²) in [5, 5.41) is 7.49. The number of rotatable bonds is 9. The molecule has 0 saturated heterocycles. The lowest BCUT2D eigenvalue weighted by Crippen LogP contribution is -2.34. The molecule has 3 amide bonds. The number of carbonyl (C=O) groups excluding carboxylic acids is 4. The summed E-state index contributed by atoms with van der Waals surface area (Å²) >= 11 is 6.06. The monoisotopic (exact) mass is 561 g/mol. The molecule has 0 bridgehead atoms. The zero-order chi connectivity index (χ0) is 28.8. The molecule has 10 nitrogen and oxygen atoms in total. The fourth-order valence-electron chi connectivity index (χ4n) is 3.95. The number of benzene rings is 2. The molecule has 0 atom stereocenters. The van der Waals surface area contributed by atoms with Crippen LogP contribution < -0.4 is 10.2 Å². The van der Waals surface area contributed by atoms with Crippen LogP contribution >= 0.6 is 11.6 Å². The minimum Gasteiger partial charge on any atom is -0.456 e. The van der Waals surface area contributed by atoms with Crippen LogP contribution in [0.15, 0.2) is 73.1 Å². The van der Waals surface area contributed by atoms with Gasteiger partial charge in [-0.15, -0.1) is 0 Å². The predicted octanol–water partition coefficient (Wildman–Crippen LogP) is 3.68. The van der Waals surface area contributed by atoms with E-state index in [0.29, 0.717) is 27.4 Å². The Bertz CT molecular complexity index is 1550. The van der Waals surface area contributed by atoms with Crippen molar-refractivity contribution in [2.45, 2.75) is 6.42 Å². The van der Waals surface area contributed by atoms with E-state index in [4.69, 9.17) is 16.3 Å². The highest BCUT2D eigenvalue weighted by Gasteiger charge is 2.21. The molecule has 11 heteroatoms. The number of amides is 3. The van der Waals surface area contributed by atoms with Gasteiger partial charge in [0.2, 0.25) is 0 Å². The van der Waals surface area contributed by atoms with Gasteiger partial charge in [0.15, 0.2) is 6.61 Å². The Hall–Kier alpha value is -4.70. The van der Waals surface area contributed by atoms with Gasteiger partial charge in [-0.25, -0.2) is 4.52 Å². The van der Waals surface area contributed by atoms with E-state index in [1.807, 2.05) is 12.1 Å². The van der Waals surface area contributed by atoms with Crippen LogP contribution in [0, 0.1) is 0 Å². The number of pyridine rings is 1. The number of aromatic nitrogens is 2. The van der Waals surface area contributed by atoms with Crippen molar-refractivity contribution in [1.82, 2.24) is 19.8 Å². The summed E-state index contributed by atoms with van der Waals surface area (Å²) in [6.45, 7) is -0.348. The van der Waals surface area contributed by atoms with E-state index < -0.39 is 5.97 Å². The minimum absolute atomic E-state index is 0.0215. The molecule has 0 fully saturated rings. The van der Waals surface area contributed by atoms with Gasteiger partial charge in [-0.1, -0.05) is 23.7 Å². The molecule has 2 heterocycles. The third kappa shape index (κ3) is 6.47. The van der Waals surface area contributed by atoms with Crippen molar-refractivity contribution in [3.8, 4) is 11.1 Å². The second kappa shape index (κ2) is 12.4. The molecule has 2 aromatic heterocycles. The Morgan fingerprint density at radius 3 is 2.33 bits per heavy atom. The Labute approximate surface area is 236 Å². The number of halogens is 1. The van der Waals surface area contributed by atoms with Gasteiger partial charge in [0.25, 0.3) is 17.7 Å². The maximum Gasteiger partial charge on any atom is 0.308 e. The molecule has 0 aliphatic rings. The number of likely N-dealkylation sites (N-methyl/N-ethyl adjacent to an activating group) is 1. The molecule has 0 aliphatic heterocycles. The first kappa shape index (κ1) is 28.3. The highest BCUT2D eigenvalue weighted by molar-refractivity contribution is 6.30. The van der Waals surface area contributed by atoms with E-state index in [1.165, 1.54) is 9.80 Å². The molecule has 0 radical (unpaired) electrons. The molecule has 0 spiro atoms. The summed E-state index contributed by atoms with van der Waals surface area (Å²) in [4.78, 5) is 52.6. The molecule has 4 aromatic rings. The molecule has 2 aromatic carbocycles. The third-order valence-corrected chi connectivity index (χ3v) is 6.48. The molecule has 0 saturated carbocycles. The molecule has 1 N–H and O–H groups in total. The molecule has 0 unspecified atom stereocenters. The summed E-state index contributed by atoms with van der Waals surface area (Å²) in [6.07, 6.45) is 3.26. The number of carbonyl (C=O) groups is 4. The molecule has 40 heavy (non-hydrogen) atoms. The normalized spacial score (nSPS) is 10.7. The number of nitrogens with one attached hydrogen (secondary N) is 1. The van der Waals surface area contributed by atoms with Gasteiger partial charge >= 0.3 is 5.97 Å². The van der Waals surface area contributed by atoms with Crippen LogP contribution in [0.2, 0.25) is 5.02 Å². The zero-order valence-electron chi connectivity index (χ0n) is 22.3. The Morgan fingerprint density at radius 1 is 0.975 bits per heavy atom. The van der Waals surface area contributed by atoms with Crippen LogP contribution in [0.4, 0.5) is 5.69 Å². The fourth-order valence-corrected chi connectivity index (χ4v) is 4.08. The predicted molar refractivity (Wildman–Crippen MR) is 151 cm³/mol. The van der Waals surface area contributed by atoms with Crippen molar-refractivity contribution < 1.29 is 23.9 Å². The molecule has 0 aliphatic carbocycles. The van der Waals surface area contributed by atoms with Gasteiger partial charge in [0.1, 0.15) is 0 Å². The van der Waals surface area contributed by atoms with E-state index >= 15 is 0 Å². The Morgan fingerprint density at radius 2 is 1.68 bits per heavy atom. The van der Waals surface area contributed by atoms with Gasteiger partial charge < -0.3 is 19.9 Å². The van der Waals surface area contributed by atoms with Crippen LogP contribution in [-0.4, -0.2) is 72.5 Å². The van der Waals surface area contributed by atoms with Crippen molar-refractivity contribution in [1.29, 1.82) is 0 Å². The zero-order valence-corrected chi connectivity index (χ0v) is 23.0. The fraction of sp³-hybridized carbons (Fsp3) is 0.207. The van der Waals surface area contributed by atoms with E-state index in [-0.39, 0.29) is 37.3 Å². The highest BCUT2D eigenvalue weighted by Crippen LogP contribution is 2.27. The summed E-state index contributed by atoms with van der Waals surface area (Å²) in [6, 6.07) is 17.2. The lowest BCUT2D eigenvalue weighted by molar-refractivity contribution is -0.150. The van der Waals surface area contributed by atoms with Crippen LogP contribution in [-0.2, 0) is 14.3 Å². The lowest BCUT2D eigenvalue weighted by Gasteiger charge is -2.23. The quantitative estimate of drug-likeness (QED) is 0.312. The highest BCUT2D eigenvalue weighted by atomic mass is 35.5. The summed E-state index contributed by atoms with van der Waals surface area (Å²) in [5.74, 6) is -1.47. The first-order chi connectivity index (χ1) is 19.2. The topological polar surface area (TPSA) is 113 Å². The number of hydrogen-bond acceptors (Lipinski definition) is 6. The van der Waals surface area contributed by atoms with Gasteiger partial charge in [-0.2, -0.15) is 5.10 Å². The largest absolute Gasteiger partial charge is 0.456 e. The van der Waals surface area contributed by atoms with Gasteiger partial charge in [0, 0.05) is 61.3 Å². The van der Waals surface area contributed by atoms with Crippen LogP contribution in [0.25, 0.3) is 16.6 Å². The first-order valence-electron chi connectivity index (χ1n) is 12.4. The Balaban J connectivity index is 1.60. The van der Waals surface area contributed by atoms with E-state index in [0.717, 1.165) is 11.1 Å². The molecular weight excluding hydrogens is 534 g/mol. The van der Waals surface area contributed by atoms with E-state index in [1.54, 1.807) is 86.6 Å². The van der Waals surface area contributed by atoms with E-state index in [9.17, 15) is 19.2 Å². The second-order valence-corrected chi connectivity index (χ2v) is 9.53. The molecular formula is C29H28ClN5O5. The van der Waals surface area contributed by atoms with Crippen molar-refractivity contribution >= 4 is 46.5 Å². The number of hydrogen-bond donors (Lipinski definition) is 1. The third-order valence-electron chi connectivity index (χ3n) is 6.23. The van der Waals surface area contributed by atoms with Crippen molar-refractivity contribution in [3.63, 3.8) is 0 Å². The van der Waals surface area contributed by atoms with Gasteiger partial charge in [-0.3, -0.25) is 19.2 Å². The second-order valence-electron chi connectivity index (χ2n) is 9.09. The van der Waals surface area contributed by atoms with Crippen LogP contribution in [0.3, 0.4) is 0 Å². The average Bonchev–Trinajstić information content (AvgIpc) is 3.39. The number of fused-ring (bicyclic) bond motifs is 1.